The predicted molar refractivity (Wildman–Crippen MR) is 86.3 cm³/mol. The monoisotopic (exact) mass is 315 g/mol. The SMILES string of the molecule is COc1cc(/C=C/[N+](=O)[O-])cc(OCc2ccccc2)c1OC. The van der Waals surface area contributed by atoms with Crippen molar-refractivity contribution in [3.8, 4) is 17.2 Å². The number of nitrogens with zero attached hydrogens (tertiary/aromatic N) is 1. The van der Waals surface area contributed by atoms with Gasteiger partial charge in [-0.2, -0.15) is 0 Å². The summed E-state index contributed by atoms with van der Waals surface area (Å²) in [6.45, 7) is 0.350. The maximum Gasteiger partial charge on any atom is 0.235 e. The molecule has 0 aliphatic rings. The van der Waals surface area contributed by atoms with Crippen molar-refractivity contribution in [2.24, 2.45) is 0 Å². The fourth-order valence-electron chi connectivity index (χ4n) is 2.04. The first kappa shape index (κ1) is 16.4. The second kappa shape index (κ2) is 7.84. The van der Waals surface area contributed by atoms with Crippen molar-refractivity contribution in [1.82, 2.24) is 0 Å². The molecule has 0 radical (unpaired) electrons. The summed E-state index contributed by atoms with van der Waals surface area (Å²) >= 11 is 0. The molecule has 2 aromatic carbocycles. The summed E-state index contributed by atoms with van der Waals surface area (Å²) in [4.78, 5) is 9.95. The molecule has 0 spiro atoms. The fourth-order valence-corrected chi connectivity index (χ4v) is 2.04. The maximum atomic E-state index is 10.5. The van der Waals surface area contributed by atoms with E-state index in [-0.39, 0.29) is 0 Å². The summed E-state index contributed by atoms with van der Waals surface area (Å²) in [5.41, 5.74) is 1.59. The van der Waals surface area contributed by atoms with Gasteiger partial charge in [0, 0.05) is 6.08 Å². The van der Waals surface area contributed by atoms with Crippen LogP contribution < -0.4 is 14.2 Å². The molecule has 6 heteroatoms. The van der Waals surface area contributed by atoms with Gasteiger partial charge in [0.1, 0.15) is 6.61 Å². The largest absolute Gasteiger partial charge is 0.493 e. The van der Waals surface area contributed by atoms with Gasteiger partial charge in [-0.3, -0.25) is 10.1 Å². The van der Waals surface area contributed by atoms with Gasteiger partial charge in [-0.05, 0) is 23.3 Å². The molecule has 0 amide bonds. The Bertz CT molecular complexity index is 698. The van der Waals surface area contributed by atoms with Gasteiger partial charge in [-0.15, -0.1) is 0 Å². The molecule has 0 aliphatic carbocycles. The molecule has 0 saturated carbocycles. The lowest BCUT2D eigenvalue weighted by Crippen LogP contribution is -2.00. The molecule has 6 nitrogen and oxygen atoms in total. The normalized spacial score (nSPS) is 10.5. The molecule has 0 atom stereocenters. The van der Waals surface area contributed by atoms with Crippen LogP contribution in [0.3, 0.4) is 0 Å². The summed E-state index contributed by atoms with van der Waals surface area (Å²) < 4.78 is 16.4. The molecule has 0 aliphatic heterocycles. The van der Waals surface area contributed by atoms with Gasteiger partial charge in [-0.25, -0.2) is 0 Å². The number of benzene rings is 2. The minimum atomic E-state index is -0.527. The molecule has 0 N–H and O–H groups in total. The van der Waals surface area contributed by atoms with Crippen molar-refractivity contribution < 1.29 is 19.1 Å². The Morgan fingerprint density at radius 1 is 1.09 bits per heavy atom. The lowest BCUT2D eigenvalue weighted by atomic mass is 10.1. The predicted octanol–water partition coefficient (Wildman–Crippen LogP) is 3.53. The van der Waals surface area contributed by atoms with Crippen molar-refractivity contribution in [3.05, 3.63) is 69.9 Å². The summed E-state index contributed by atoms with van der Waals surface area (Å²) in [6.07, 6.45) is 2.24. The van der Waals surface area contributed by atoms with E-state index in [0.717, 1.165) is 11.8 Å². The first-order chi connectivity index (χ1) is 11.1. The number of hydrogen-bond acceptors (Lipinski definition) is 5. The average molecular weight is 315 g/mol. The third-order valence-corrected chi connectivity index (χ3v) is 3.09. The Kier molecular flexibility index (Phi) is 5.57. The lowest BCUT2D eigenvalue weighted by molar-refractivity contribution is -0.400. The van der Waals surface area contributed by atoms with Crippen molar-refractivity contribution >= 4 is 6.08 Å². The van der Waals surface area contributed by atoms with Gasteiger partial charge in [0.2, 0.25) is 11.9 Å². The second-order valence-electron chi connectivity index (χ2n) is 4.63. The highest BCUT2D eigenvalue weighted by Crippen LogP contribution is 2.39. The van der Waals surface area contributed by atoms with E-state index in [9.17, 15) is 10.1 Å². The van der Waals surface area contributed by atoms with E-state index >= 15 is 0 Å². The molecular formula is C17H17NO5. The lowest BCUT2D eigenvalue weighted by Gasteiger charge is -2.15. The van der Waals surface area contributed by atoms with Crippen LogP contribution in [0.2, 0.25) is 0 Å². The number of hydrogen-bond donors (Lipinski definition) is 0. The van der Waals surface area contributed by atoms with Crippen molar-refractivity contribution in [2.45, 2.75) is 6.61 Å². The molecule has 0 saturated heterocycles. The van der Waals surface area contributed by atoms with Crippen LogP contribution in [0, 0.1) is 10.1 Å². The highest BCUT2D eigenvalue weighted by atomic mass is 16.6. The summed E-state index contributed by atoms with van der Waals surface area (Å²) in [7, 11) is 3.01. The fraction of sp³-hybridized carbons (Fsp3) is 0.176. The van der Waals surface area contributed by atoms with Crippen molar-refractivity contribution in [1.29, 1.82) is 0 Å². The van der Waals surface area contributed by atoms with Crippen LogP contribution in [0.15, 0.2) is 48.7 Å². The van der Waals surface area contributed by atoms with E-state index in [1.807, 2.05) is 30.3 Å². The van der Waals surface area contributed by atoms with E-state index in [1.165, 1.54) is 20.3 Å². The van der Waals surface area contributed by atoms with E-state index in [1.54, 1.807) is 12.1 Å². The van der Waals surface area contributed by atoms with Crippen LogP contribution in [-0.2, 0) is 6.61 Å². The van der Waals surface area contributed by atoms with Crippen molar-refractivity contribution in [3.63, 3.8) is 0 Å². The maximum absolute atomic E-state index is 10.5. The molecule has 0 heterocycles. The minimum absolute atomic E-state index is 0.350. The zero-order valence-corrected chi connectivity index (χ0v) is 12.9. The number of rotatable bonds is 7. The Balaban J connectivity index is 2.30. The van der Waals surface area contributed by atoms with E-state index in [2.05, 4.69) is 0 Å². The standard InChI is InChI=1S/C17H17NO5/c1-21-15-10-14(8-9-18(19)20)11-16(17(15)22-2)23-12-13-6-4-3-5-7-13/h3-11H,12H2,1-2H3/b9-8+. The average Bonchev–Trinajstić information content (AvgIpc) is 2.58. The quantitative estimate of drug-likeness (QED) is 0.577. The van der Waals surface area contributed by atoms with Gasteiger partial charge in [-0.1, -0.05) is 30.3 Å². The van der Waals surface area contributed by atoms with E-state index in [4.69, 9.17) is 14.2 Å². The number of methoxy groups -OCH3 is 2. The van der Waals surface area contributed by atoms with Crippen LogP contribution in [-0.4, -0.2) is 19.1 Å². The molecular weight excluding hydrogens is 298 g/mol. The topological polar surface area (TPSA) is 70.8 Å². The van der Waals surface area contributed by atoms with Gasteiger partial charge in [0.15, 0.2) is 11.5 Å². The first-order valence-corrected chi connectivity index (χ1v) is 6.88. The zero-order chi connectivity index (χ0) is 16.7. The highest BCUT2D eigenvalue weighted by molar-refractivity contribution is 5.61. The molecule has 120 valence electrons. The third kappa shape index (κ3) is 4.47. The van der Waals surface area contributed by atoms with Gasteiger partial charge < -0.3 is 14.2 Å². The molecule has 2 rings (SSSR count). The summed E-state index contributed by atoms with van der Waals surface area (Å²) in [5, 5.41) is 10.5. The molecule has 2 aromatic rings. The third-order valence-electron chi connectivity index (χ3n) is 3.09. The Hall–Kier alpha value is -3.02. The zero-order valence-electron chi connectivity index (χ0n) is 12.9. The smallest absolute Gasteiger partial charge is 0.235 e. The Morgan fingerprint density at radius 2 is 1.78 bits per heavy atom. The van der Waals surface area contributed by atoms with Gasteiger partial charge in [0.25, 0.3) is 0 Å². The molecule has 0 fully saturated rings. The summed E-state index contributed by atoms with van der Waals surface area (Å²) in [5.74, 6) is 1.35. The number of ether oxygens (including phenoxy) is 3. The minimum Gasteiger partial charge on any atom is -0.493 e. The summed E-state index contributed by atoms with van der Waals surface area (Å²) in [6, 6.07) is 13.0. The Morgan fingerprint density at radius 3 is 2.39 bits per heavy atom. The van der Waals surface area contributed by atoms with Crippen LogP contribution in [0.25, 0.3) is 6.08 Å². The van der Waals surface area contributed by atoms with E-state index < -0.39 is 4.92 Å². The van der Waals surface area contributed by atoms with Crippen LogP contribution in [0.1, 0.15) is 11.1 Å². The first-order valence-electron chi connectivity index (χ1n) is 6.88. The van der Waals surface area contributed by atoms with Crippen LogP contribution >= 0.6 is 0 Å². The van der Waals surface area contributed by atoms with Crippen LogP contribution in [0.5, 0.6) is 17.2 Å². The molecule has 0 bridgehead atoms. The van der Waals surface area contributed by atoms with Gasteiger partial charge in [0.05, 0.1) is 19.1 Å². The van der Waals surface area contributed by atoms with E-state index in [0.29, 0.717) is 29.4 Å². The van der Waals surface area contributed by atoms with Crippen molar-refractivity contribution in [2.75, 3.05) is 14.2 Å². The van der Waals surface area contributed by atoms with Gasteiger partial charge >= 0.3 is 0 Å². The number of nitro groups is 1. The van der Waals surface area contributed by atoms with Crippen LogP contribution in [0.4, 0.5) is 0 Å². The molecule has 0 unspecified atom stereocenters. The molecule has 0 aromatic heterocycles. The molecule has 23 heavy (non-hydrogen) atoms. The second-order valence-corrected chi connectivity index (χ2v) is 4.63. The highest BCUT2D eigenvalue weighted by Gasteiger charge is 2.13. The Labute approximate surface area is 134 Å².